The third kappa shape index (κ3) is 4.26. The van der Waals surface area contributed by atoms with Crippen molar-refractivity contribution in [3.05, 3.63) is 29.3 Å². The molecule has 2 aliphatic rings. The van der Waals surface area contributed by atoms with Crippen LogP contribution in [0.15, 0.2) is 18.2 Å². The van der Waals surface area contributed by atoms with Gasteiger partial charge in [0.25, 0.3) is 11.8 Å². The normalized spacial score (nSPS) is 23.8. The Balaban J connectivity index is 1.53. The summed E-state index contributed by atoms with van der Waals surface area (Å²) in [5.41, 5.74) is 1.69. The molecule has 3 rings (SSSR count). The molecule has 1 aliphatic carbocycles. The first-order valence-corrected chi connectivity index (χ1v) is 9.90. The van der Waals surface area contributed by atoms with Crippen LogP contribution in [0.5, 0.6) is 0 Å². The third-order valence-electron chi connectivity index (χ3n) is 5.81. The van der Waals surface area contributed by atoms with Gasteiger partial charge >= 0.3 is 12.0 Å². The van der Waals surface area contributed by atoms with E-state index in [1.807, 2.05) is 32.9 Å². The van der Waals surface area contributed by atoms with Gasteiger partial charge in [-0.3, -0.25) is 19.3 Å². The highest BCUT2D eigenvalue weighted by atomic mass is 16.5. The smallest absolute Gasteiger partial charge is 0.326 e. The molecular weight excluding hydrogens is 374 g/mol. The van der Waals surface area contributed by atoms with Gasteiger partial charge in [0.05, 0.1) is 0 Å². The minimum Gasteiger partial charge on any atom is -0.454 e. The molecule has 1 aliphatic heterocycles. The van der Waals surface area contributed by atoms with E-state index < -0.39 is 36.6 Å². The Morgan fingerprint density at radius 3 is 2.72 bits per heavy atom. The number of benzene rings is 1. The maximum absolute atomic E-state index is 12.8. The summed E-state index contributed by atoms with van der Waals surface area (Å²) in [6.07, 6.45) is 3.29. The van der Waals surface area contributed by atoms with E-state index in [9.17, 15) is 19.2 Å². The van der Waals surface area contributed by atoms with E-state index in [1.54, 1.807) is 6.07 Å². The van der Waals surface area contributed by atoms with Gasteiger partial charge in [0.2, 0.25) is 0 Å². The zero-order chi connectivity index (χ0) is 21.2. The average molecular weight is 401 g/mol. The number of amides is 4. The molecule has 1 saturated carbocycles. The molecule has 0 radical (unpaired) electrons. The fraction of sp³-hybridized carbons (Fsp3) is 0.524. The van der Waals surface area contributed by atoms with E-state index >= 15 is 0 Å². The van der Waals surface area contributed by atoms with Crippen LogP contribution in [0.3, 0.4) is 0 Å². The standard InChI is InChI=1S/C21H27N3O5/c1-13-7-8-16(14(2)10-13)22-17(25)12-29-18(26)11-24-19(27)21(23-20(24)28)9-5-4-6-15(21)3/h7-8,10,15H,4-6,9,11-12H2,1-3H3,(H,22,25)(H,23,28)/t15-,21-/m0/s1. The minimum absolute atomic E-state index is 0.0113. The summed E-state index contributed by atoms with van der Waals surface area (Å²) < 4.78 is 4.98. The van der Waals surface area contributed by atoms with Crippen molar-refractivity contribution in [1.29, 1.82) is 0 Å². The molecule has 2 atom stereocenters. The molecular formula is C21H27N3O5. The van der Waals surface area contributed by atoms with Gasteiger partial charge in [0, 0.05) is 5.69 Å². The summed E-state index contributed by atoms with van der Waals surface area (Å²) in [4.78, 5) is 50.2. The van der Waals surface area contributed by atoms with Crippen molar-refractivity contribution < 1.29 is 23.9 Å². The van der Waals surface area contributed by atoms with Gasteiger partial charge in [0.15, 0.2) is 6.61 Å². The fourth-order valence-electron chi connectivity index (χ4n) is 4.10. The third-order valence-corrected chi connectivity index (χ3v) is 5.81. The second-order valence-corrected chi connectivity index (χ2v) is 7.97. The molecule has 1 heterocycles. The summed E-state index contributed by atoms with van der Waals surface area (Å²) in [7, 11) is 0. The van der Waals surface area contributed by atoms with Gasteiger partial charge in [-0.2, -0.15) is 0 Å². The second kappa shape index (κ2) is 8.23. The van der Waals surface area contributed by atoms with Gasteiger partial charge in [-0.15, -0.1) is 0 Å². The Labute approximate surface area is 170 Å². The molecule has 1 aromatic carbocycles. The van der Waals surface area contributed by atoms with E-state index in [0.29, 0.717) is 12.1 Å². The molecule has 0 aromatic heterocycles. The summed E-state index contributed by atoms with van der Waals surface area (Å²) >= 11 is 0. The molecule has 0 unspecified atom stereocenters. The van der Waals surface area contributed by atoms with Crippen LogP contribution in [0.1, 0.15) is 43.7 Å². The highest BCUT2D eigenvalue weighted by Gasteiger charge is 2.55. The first-order valence-electron chi connectivity index (χ1n) is 9.90. The molecule has 0 bridgehead atoms. The predicted octanol–water partition coefficient (Wildman–Crippen LogP) is 2.29. The number of urea groups is 1. The van der Waals surface area contributed by atoms with E-state index in [-0.39, 0.29) is 11.8 Å². The van der Waals surface area contributed by atoms with Crippen molar-refractivity contribution in [2.45, 2.75) is 52.0 Å². The molecule has 1 spiro atoms. The summed E-state index contributed by atoms with van der Waals surface area (Å²) in [5, 5.41) is 5.46. The van der Waals surface area contributed by atoms with Crippen LogP contribution in [-0.4, -0.2) is 47.4 Å². The number of ether oxygens (including phenoxy) is 1. The van der Waals surface area contributed by atoms with Crippen LogP contribution in [0, 0.1) is 19.8 Å². The van der Waals surface area contributed by atoms with E-state index in [1.165, 1.54) is 0 Å². The number of nitrogens with zero attached hydrogens (tertiary/aromatic N) is 1. The maximum Gasteiger partial charge on any atom is 0.326 e. The van der Waals surface area contributed by atoms with Gasteiger partial charge in [-0.05, 0) is 44.2 Å². The number of anilines is 1. The van der Waals surface area contributed by atoms with Crippen molar-refractivity contribution in [3.63, 3.8) is 0 Å². The molecule has 4 amide bonds. The Kier molecular flexibility index (Phi) is 5.91. The zero-order valence-corrected chi connectivity index (χ0v) is 17.0. The van der Waals surface area contributed by atoms with Crippen molar-refractivity contribution in [3.8, 4) is 0 Å². The Morgan fingerprint density at radius 2 is 2.03 bits per heavy atom. The van der Waals surface area contributed by atoms with Crippen molar-refractivity contribution >= 4 is 29.5 Å². The number of nitrogens with one attached hydrogen (secondary N) is 2. The SMILES string of the molecule is Cc1ccc(NC(=O)COC(=O)CN2C(=O)N[C@]3(CCCC[C@@H]3C)C2=O)c(C)c1. The number of carbonyl (C=O) groups is 4. The van der Waals surface area contributed by atoms with Crippen LogP contribution in [0.4, 0.5) is 10.5 Å². The van der Waals surface area contributed by atoms with Crippen LogP contribution in [-0.2, 0) is 19.1 Å². The Bertz CT molecular complexity index is 853. The lowest BCUT2D eigenvalue weighted by molar-refractivity contribution is -0.150. The molecule has 29 heavy (non-hydrogen) atoms. The number of rotatable bonds is 5. The largest absolute Gasteiger partial charge is 0.454 e. The lowest BCUT2D eigenvalue weighted by Crippen LogP contribution is -2.54. The zero-order valence-electron chi connectivity index (χ0n) is 17.0. The topological polar surface area (TPSA) is 105 Å². The predicted molar refractivity (Wildman–Crippen MR) is 106 cm³/mol. The first-order chi connectivity index (χ1) is 13.7. The number of esters is 1. The van der Waals surface area contributed by atoms with Gasteiger partial charge in [-0.25, -0.2) is 4.79 Å². The van der Waals surface area contributed by atoms with Crippen LogP contribution >= 0.6 is 0 Å². The minimum atomic E-state index is -0.921. The highest BCUT2D eigenvalue weighted by molar-refractivity contribution is 6.09. The summed E-state index contributed by atoms with van der Waals surface area (Å²) in [6, 6.07) is 5.00. The number of hydrogen-bond acceptors (Lipinski definition) is 5. The molecule has 1 aromatic rings. The van der Waals surface area contributed by atoms with E-state index in [4.69, 9.17) is 4.74 Å². The second-order valence-electron chi connectivity index (χ2n) is 7.97. The van der Waals surface area contributed by atoms with Crippen LogP contribution in [0.25, 0.3) is 0 Å². The lowest BCUT2D eigenvalue weighted by atomic mass is 9.73. The molecule has 2 N–H and O–H groups in total. The molecule has 1 saturated heterocycles. The van der Waals surface area contributed by atoms with Crippen LogP contribution in [0.2, 0.25) is 0 Å². The number of imide groups is 1. The quantitative estimate of drug-likeness (QED) is 0.582. The Hall–Kier alpha value is -2.90. The van der Waals surface area contributed by atoms with Gasteiger partial charge in [-0.1, -0.05) is 37.5 Å². The van der Waals surface area contributed by atoms with E-state index in [0.717, 1.165) is 35.3 Å². The van der Waals surface area contributed by atoms with E-state index in [2.05, 4.69) is 10.6 Å². The number of hydrogen-bond donors (Lipinski definition) is 2. The maximum atomic E-state index is 12.8. The van der Waals surface area contributed by atoms with Gasteiger partial charge < -0.3 is 15.4 Å². The molecule has 8 nitrogen and oxygen atoms in total. The fourth-order valence-corrected chi connectivity index (χ4v) is 4.10. The monoisotopic (exact) mass is 401 g/mol. The molecule has 8 heteroatoms. The Morgan fingerprint density at radius 1 is 1.28 bits per heavy atom. The molecule has 2 fully saturated rings. The van der Waals surface area contributed by atoms with Crippen molar-refractivity contribution in [2.75, 3.05) is 18.5 Å². The lowest BCUT2D eigenvalue weighted by Gasteiger charge is -2.36. The van der Waals surface area contributed by atoms with Gasteiger partial charge in [0.1, 0.15) is 12.1 Å². The number of carbonyl (C=O) groups excluding carboxylic acids is 4. The van der Waals surface area contributed by atoms with Crippen molar-refractivity contribution in [2.24, 2.45) is 5.92 Å². The molecule has 156 valence electrons. The average Bonchev–Trinajstić information content (AvgIpc) is 2.90. The number of aryl methyl sites for hydroxylation is 2. The highest BCUT2D eigenvalue weighted by Crippen LogP contribution is 2.38. The summed E-state index contributed by atoms with van der Waals surface area (Å²) in [5.74, 6) is -1.66. The summed E-state index contributed by atoms with van der Waals surface area (Å²) in [6.45, 7) is 4.77. The first kappa shape index (κ1) is 20.8. The van der Waals surface area contributed by atoms with Crippen LogP contribution < -0.4 is 10.6 Å². The van der Waals surface area contributed by atoms with Crippen molar-refractivity contribution in [1.82, 2.24) is 10.2 Å².